The number of halogens is 7. The Bertz CT molecular complexity index is 1530. The van der Waals surface area contributed by atoms with Crippen molar-refractivity contribution in [2.75, 3.05) is 7.11 Å². The van der Waals surface area contributed by atoms with Crippen LogP contribution in [0.4, 0.5) is 30.7 Å². The number of alkyl halides is 6. The van der Waals surface area contributed by atoms with Gasteiger partial charge in [0.15, 0.2) is 0 Å². The molecule has 1 amide bonds. The van der Waals surface area contributed by atoms with E-state index in [2.05, 4.69) is 0 Å². The van der Waals surface area contributed by atoms with Gasteiger partial charge in [0.2, 0.25) is 5.91 Å². The number of benzene rings is 3. The molecule has 0 bridgehead atoms. The number of rotatable bonds is 5. The summed E-state index contributed by atoms with van der Waals surface area (Å²) in [6.45, 7) is 5.94. The maximum atomic E-state index is 14.3. The first-order chi connectivity index (χ1) is 19.6. The lowest BCUT2D eigenvalue weighted by molar-refractivity contribution is -0.138. The molecule has 2 heterocycles. The summed E-state index contributed by atoms with van der Waals surface area (Å²) in [5, 5.41) is 0. The Morgan fingerprint density at radius 1 is 0.881 bits per heavy atom. The van der Waals surface area contributed by atoms with Crippen molar-refractivity contribution in [3.63, 3.8) is 0 Å². The van der Waals surface area contributed by atoms with Gasteiger partial charge < -0.3 is 9.64 Å². The largest absolute Gasteiger partial charge is 0.496 e. The van der Waals surface area contributed by atoms with Gasteiger partial charge in [-0.3, -0.25) is 4.79 Å². The molecule has 224 valence electrons. The topological polar surface area (TPSA) is 29.5 Å². The van der Waals surface area contributed by atoms with E-state index in [0.717, 1.165) is 35.4 Å². The quantitative estimate of drug-likeness (QED) is 0.276. The summed E-state index contributed by atoms with van der Waals surface area (Å²) in [5.41, 5.74) is 1.34. The number of ether oxygens (including phenoxy) is 1. The summed E-state index contributed by atoms with van der Waals surface area (Å²) < 4.78 is 102. The predicted octanol–water partition coefficient (Wildman–Crippen LogP) is 9.19. The second-order valence-electron chi connectivity index (χ2n) is 11.4. The van der Waals surface area contributed by atoms with Crippen LogP contribution in [0.15, 0.2) is 48.5 Å². The molecule has 3 nitrogen and oxygen atoms in total. The number of fused-ring (bicyclic) bond motifs is 1. The van der Waals surface area contributed by atoms with Crippen LogP contribution in [-0.2, 0) is 17.1 Å². The maximum Gasteiger partial charge on any atom is 0.416 e. The van der Waals surface area contributed by atoms with E-state index in [0.29, 0.717) is 35.8 Å². The monoisotopic (exact) mass is 593 g/mol. The molecule has 42 heavy (non-hydrogen) atoms. The van der Waals surface area contributed by atoms with E-state index in [4.69, 9.17) is 4.74 Å². The molecule has 0 N–H and O–H groups in total. The summed E-state index contributed by atoms with van der Waals surface area (Å²) in [4.78, 5) is 14.9. The molecule has 0 unspecified atom stereocenters. The number of amides is 1. The van der Waals surface area contributed by atoms with Crippen molar-refractivity contribution in [3.8, 4) is 16.9 Å². The van der Waals surface area contributed by atoms with Crippen LogP contribution in [0.5, 0.6) is 5.75 Å². The minimum atomic E-state index is -4.77. The lowest BCUT2D eigenvalue weighted by Gasteiger charge is -2.29. The minimum absolute atomic E-state index is 0.0508. The van der Waals surface area contributed by atoms with Crippen molar-refractivity contribution in [1.82, 2.24) is 4.90 Å². The Labute approximate surface area is 239 Å². The first-order valence-corrected chi connectivity index (χ1v) is 13.7. The summed E-state index contributed by atoms with van der Waals surface area (Å²) in [5.74, 6) is -1.59. The van der Waals surface area contributed by atoms with E-state index >= 15 is 0 Å². The molecule has 3 atom stereocenters. The van der Waals surface area contributed by atoms with Crippen LogP contribution < -0.4 is 4.74 Å². The van der Waals surface area contributed by atoms with E-state index in [1.165, 1.54) is 18.1 Å². The Kier molecular flexibility index (Phi) is 7.56. The number of carbonyl (C=O) groups excluding carboxylic acids is 1. The molecule has 0 radical (unpaired) electrons. The van der Waals surface area contributed by atoms with Crippen LogP contribution in [0, 0.1) is 12.7 Å². The third kappa shape index (κ3) is 5.36. The molecule has 2 fully saturated rings. The molecule has 2 saturated heterocycles. The summed E-state index contributed by atoms with van der Waals surface area (Å²) in [7, 11) is 1.48. The highest BCUT2D eigenvalue weighted by atomic mass is 19.4. The van der Waals surface area contributed by atoms with E-state index in [9.17, 15) is 35.5 Å². The average molecular weight is 594 g/mol. The summed E-state index contributed by atoms with van der Waals surface area (Å²) >= 11 is 0. The van der Waals surface area contributed by atoms with Gasteiger partial charge >= 0.3 is 12.4 Å². The van der Waals surface area contributed by atoms with Crippen molar-refractivity contribution in [3.05, 3.63) is 87.7 Å². The van der Waals surface area contributed by atoms with Gasteiger partial charge in [0, 0.05) is 23.9 Å². The van der Waals surface area contributed by atoms with Crippen LogP contribution >= 0.6 is 0 Å². The maximum absolute atomic E-state index is 14.3. The molecule has 2 aliphatic rings. The van der Waals surface area contributed by atoms with Crippen LogP contribution in [0.25, 0.3) is 11.1 Å². The van der Waals surface area contributed by atoms with Gasteiger partial charge in [-0.2, -0.15) is 26.3 Å². The van der Waals surface area contributed by atoms with Gasteiger partial charge in [-0.1, -0.05) is 19.9 Å². The van der Waals surface area contributed by atoms with E-state index < -0.39 is 53.2 Å². The molecule has 3 aromatic rings. The highest BCUT2D eigenvalue weighted by Gasteiger charge is 2.49. The lowest BCUT2D eigenvalue weighted by atomic mass is 9.87. The number of hydrogen-bond donors (Lipinski definition) is 0. The third-order valence-corrected chi connectivity index (χ3v) is 8.49. The first-order valence-electron chi connectivity index (χ1n) is 13.7. The fourth-order valence-electron chi connectivity index (χ4n) is 6.62. The molecule has 0 aliphatic carbocycles. The molecule has 5 rings (SSSR count). The molecular formula is C32H30F7NO2. The van der Waals surface area contributed by atoms with Crippen LogP contribution in [0.1, 0.15) is 84.4 Å². The lowest BCUT2D eigenvalue weighted by Crippen LogP contribution is -2.31. The molecular weight excluding hydrogens is 563 g/mol. The first kappa shape index (κ1) is 29.9. The second kappa shape index (κ2) is 10.6. The fraction of sp³-hybridized carbons (Fsp3) is 0.406. The Hall–Kier alpha value is -3.56. The van der Waals surface area contributed by atoms with Gasteiger partial charge in [-0.05, 0) is 96.0 Å². The highest BCUT2D eigenvalue weighted by molar-refractivity contribution is 5.83. The standard InChI is InChI=1S/C32H30F7NO2/c1-16(2)23-14-26(29(42-4)9-17(23)3)22-6-5-19(31(34,35)36)13-25(22)28-8-7-27-24(15-30(41)40(27)28)18-10-20(32(37,38)39)12-21(33)11-18/h5-6,9-14,16,24,27-28H,7-8,15H2,1-4H3/t24-,27+,28+/m1/s1. The average Bonchev–Trinajstić information content (AvgIpc) is 3.48. The van der Waals surface area contributed by atoms with E-state index in [1.807, 2.05) is 32.9 Å². The van der Waals surface area contributed by atoms with Gasteiger partial charge in [0.25, 0.3) is 0 Å². The Morgan fingerprint density at radius 2 is 1.57 bits per heavy atom. The molecule has 0 aromatic heterocycles. The Balaban J connectivity index is 1.62. The predicted molar refractivity (Wildman–Crippen MR) is 144 cm³/mol. The van der Waals surface area contributed by atoms with Gasteiger partial charge in [0.05, 0.1) is 24.3 Å². The van der Waals surface area contributed by atoms with Gasteiger partial charge in [-0.25, -0.2) is 4.39 Å². The van der Waals surface area contributed by atoms with Crippen molar-refractivity contribution < 1.29 is 40.3 Å². The SMILES string of the molecule is COc1cc(C)c(C(C)C)cc1-c1ccc(C(F)(F)F)cc1[C@@H]1CC[C@H]2[C@@H](c3cc(F)cc(C(F)(F)F)c3)CC(=O)N12. The van der Waals surface area contributed by atoms with Crippen molar-refractivity contribution in [2.24, 2.45) is 0 Å². The zero-order valence-electron chi connectivity index (χ0n) is 23.5. The molecule has 0 spiro atoms. The zero-order valence-corrected chi connectivity index (χ0v) is 23.5. The smallest absolute Gasteiger partial charge is 0.416 e. The van der Waals surface area contributed by atoms with Gasteiger partial charge in [0.1, 0.15) is 11.6 Å². The minimum Gasteiger partial charge on any atom is -0.496 e. The molecule has 0 saturated carbocycles. The van der Waals surface area contributed by atoms with Gasteiger partial charge in [-0.15, -0.1) is 0 Å². The summed E-state index contributed by atoms with van der Waals surface area (Å²) in [6, 6.07) is 8.12. The molecule has 3 aromatic carbocycles. The number of nitrogens with zero attached hydrogens (tertiary/aromatic N) is 1. The van der Waals surface area contributed by atoms with Crippen LogP contribution in [0.3, 0.4) is 0 Å². The normalized spacial score (nSPS) is 20.9. The third-order valence-electron chi connectivity index (χ3n) is 8.49. The summed E-state index contributed by atoms with van der Waals surface area (Å²) in [6.07, 6.45) is -8.93. The second-order valence-corrected chi connectivity index (χ2v) is 11.4. The van der Waals surface area contributed by atoms with E-state index in [1.54, 1.807) is 0 Å². The molecule has 10 heteroatoms. The number of carbonyl (C=O) groups is 1. The zero-order chi connectivity index (χ0) is 30.7. The van der Waals surface area contributed by atoms with Crippen molar-refractivity contribution in [2.45, 2.75) is 76.3 Å². The number of hydrogen-bond acceptors (Lipinski definition) is 2. The molecule has 2 aliphatic heterocycles. The van der Waals surface area contributed by atoms with Crippen molar-refractivity contribution in [1.29, 1.82) is 0 Å². The van der Waals surface area contributed by atoms with E-state index in [-0.39, 0.29) is 23.5 Å². The van der Waals surface area contributed by atoms with Crippen molar-refractivity contribution >= 4 is 5.91 Å². The van der Waals surface area contributed by atoms with Crippen LogP contribution in [-0.4, -0.2) is 24.0 Å². The number of aryl methyl sites for hydroxylation is 1. The highest BCUT2D eigenvalue weighted by Crippen LogP contribution is 2.52. The van der Waals surface area contributed by atoms with Crippen LogP contribution in [0.2, 0.25) is 0 Å². The fourth-order valence-corrected chi connectivity index (χ4v) is 6.62. The Morgan fingerprint density at radius 3 is 2.19 bits per heavy atom. The number of methoxy groups -OCH3 is 1.